The number of hydrogen-bond acceptors (Lipinski definition) is 1. The number of amidine groups is 1. The highest BCUT2D eigenvalue weighted by Crippen LogP contribution is 2.33. The van der Waals surface area contributed by atoms with Gasteiger partial charge < -0.3 is 4.90 Å². The highest BCUT2D eigenvalue weighted by molar-refractivity contribution is 5.91. The van der Waals surface area contributed by atoms with Gasteiger partial charge in [0.2, 0.25) is 0 Å². The van der Waals surface area contributed by atoms with E-state index in [4.69, 9.17) is 4.99 Å². The number of likely N-dealkylation sites (tertiary alicyclic amines) is 1. The highest BCUT2D eigenvalue weighted by Gasteiger charge is 2.34. The van der Waals surface area contributed by atoms with E-state index in [0.29, 0.717) is 0 Å². The van der Waals surface area contributed by atoms with Gasteiger partial charge in [-0.15, -0.1) is 0 Å². The normalized spacial score (nSPS) is 21.8. The third-order valence-electron chi connectivity index (χ3n) is 3.38. The lowest BCUT2D eigenvalue weighted by molar-refractivity contribution is 0.511. The van der Waals surface area contributed by atoms with E-state index in [1.54, 1.807) is 0 Å². The molecule has 1 aliphatic heterocycles. The summed E-state index contributed by atoms with van der Waals surface area (Å²) in [5, 5.41) is 0. The van der Waals surface area contributed by atoms with Gasteiger partial charge in [0.1, 0.15) is 5.84 Å². The van der Waals surface area contributed by atoms with Gasteiger partial charge in [-0.25, -0.2) is 4.99 Å². The molecule has 16 heavy (non-hydrogen) atoms. The maximum absolute atomic E-state index is 4.83. The van der Waals surface area contributed by atoms with Crippen LogP contribution >= 0.6 is 0 Å². The molecular weight excluding hydrogens is 196 g/mol. The second-order valence-corrected chi connectivity index (χ2v) is 5.28. The zero-order valence-electron chi connectivity index (χ0n) is 10.6. The summed E-state index contributed by atoms with van der Waals surface area (Å²) in [7, 11) is 2.13. The van der Waals surface area contributed by atoms with Crippen LogP contribution in [0.5, 0.6) is 0 Å². The summed E-state index contributed by atoms with van der Waals surface area (Å²) in [5.74, 6) is 1.21. The first-order valence-electron chi connectivity index (χ1n) is 5.87. The van der Waals surface area contributed by atoms with E-state index in [1.807, 2.05) is 6.07 Å². The molecule has 0 saturated carbocycles. The molecule has 0 unspecified atom stereocenters. The maximum atomic E-state index is 4.83. The van der Waals surface area contributed by atoms with E-state index in [9.17, 15) is 0 Å². The predicted molar refractivity (Wildman–Crippen MR) is 69.3 cm³/mol. The SMILES string of the molecule is Cc1ccccc1N=C1N(C)CCC1(C)C. The number of benzene rings is 1. The molecule has 0 atom stereocenters. The van der Waals surface area contributed by atoms with Gasteiger partial charge in [0.05, 0.1) is 5.69 Å². The van der Waals surface area contributed by atoms with E-state index >= 15 is 0 Å². The third kappa shape index (κ3) is 1.97. The Morgan fingerprint density at radius 2 is 1.94 bits per heavy atom. The van der Waals surface area contributed by atoms with Crippen molar-refractivity contribution in [1.29, 1.82) is 0 Å². The minimum Gasteiger partial charge on any atom is -0.363 e. The van der Waals surface area contributed by atoms with Crippen molar-refractivity contribution >= 4 is 11.5 Å². The molecule has 0 aliphatic carbocycles. The number of hydrogen-bond donors (Lipinski definition) is 0. The molecule has 0 N–H and O–H groups in total. The van der Waals surface area contributed by atoms with Crippen LogP contribution in [0.3, 0.4) is 0 Å². The molecule has 0 bridgehead atoms. The van der Waals surface area contributed by atoms with Gasteiger partial charge in [0.15, 0.2) is 0 Å². The van der Waals surface area contributed by atoms with Crippen molar-refractivity contribution in [3.63, 3.8) is 0 Å². The molecule has 1 saturated heterocycles. The second kappa shape index (κ2) is 3.93. The molecule has 2 rings (SSSR count). The Morgan fingerprint density at radius 3 is 2.50 bits per heavy atom. The summed E-state index contributed by atoms with van der Waals surface area (Å²) in [6.45, 7) is 7.76. The van der Waals surface area contributed by atoms with Gasteiger partial charge >= 0.3 is 0 Å². The first-order valence-corrected chi connectivity index (χ1v) is 5.87. The van der Waals surface area contributed by atoms with Gasteiger partial charge in [-0.1, -0.05) is 32.0 Å². The van der Waals surface area contributed by atoms with E-state index in [2.05, 4.69) is 50.9 Å². The van der Waals surface area contributed by atoms with Crippen molar-refractivity contribution in [2.75, 3.05) is 13.6 Å². The standard InChI is InChI=1S/C14H20N2/c1-11-7-5-6-8-12(11)15-13-14(2,3)9-10-16(13)4/h5-8H,9-10H2,1-4H3. The predicted octanol–water partition coefficient (Wildman–Crippen LogP) is 3.39. The van der Waals surface area contributed by atoms with Crippen molar-refractivity contribution in [2.45, 2.75) is 27.2 Å². The topological polar surface area (TPSA) is 15.6 Å². The third-order valence-corrected chi connectivity index (χ3v) is 3.38. The summed E-state index contributed by atoms with van der Waals surface area (Å²) in [6, 6.07) is 8.31. The molecular formula is C14H20N2. The van der Waals surface area contributed by atoms with Crippen LogP contribution in [0.4, 0.5) is 5.69 Å². The summed E-state index contributed by atoms with van der Waals surface area (Å²) in [4.78, 5) is 7.10. The fourth-order valence-corrected chi connectivity index (χ4v) is 2.22. The number of nitrogens with zero attached hydrogens (tertiary/aromatic N) is 2. The smallest absolute Gasteiger partial charge is 0.110 e. The van der Waals surface area contributed by atoms with Gasteiger partial charge in [-0.3, -0.25) is 0 Å². The zero-order valence-corrected chi connectivity index (χ0v) is 10.6. The average Bonchev–Trinajstić information content (AvgIpc) is 2.48. The van der Waals surface area contributed by atoms with E-state index in [-0.39, 0.29) is 5.41 Å². The van der Waals surface area contributed by atoms with E-state index < -0.39 is 0 Å². The van der Waals surface area contributed by atoms with Crippen molar-refractivity contribution in [3.05, 3.63) is 29.8 Å². The van der Waals surface area contributed by atoms with Gasteiger partial charge in [0.25, 0.3) is 0 Å². The molecule has 1 aliphatic rings. The molecule has 1 fully saturated rings. The first-order chi connectivity index (χ1) is 7.50. The number of para-hydroxylation sites is 1. The quantitative estimate of drug-likeness (QED) is 0.702. The largest absolute Gasteiger partial charge is 0.363 e. The minimum atomic E-state index is 0.205. The van der Waals surface area contributed by atoms with Crippen LogP contribution in [0.2, 0.25) is 0 Å². The summed E-state index contributed by atoms with van der Waals surface area (Å²) in [6.07, 6.45) is 1.19. The Hall–Kier alpha value is -1.31. The average molecular weight is 216 g/mol. The van der Waals surface area contributed by atoms with Crippen LogP contribution < -0.4 is 0 Å². The molecule has 2 nitrogen and oxygen atoms in total. The molecule has 2 heteroatoms. The zero-order chi connectivity index (χ0) is 11.8. The van der Waals surface area contributed by atoms with Crippen LogP contribution in [0, 0.1) is 12.3 Å². The fourth-order valence-electron chi connectivity index (χ4n) is 2.22. The summed E-state index contributed by atoms with van der Waals surface area (Å²) >= 11 is 0. The van der Waals surface area contributed by atoms with Gasteiger partial charge in [0, 0.05) is 19.0 Å². The minimum absolute atomic E-state index is 0.205. The Morgan fingerprint density at radius 1 is 1.25 bits per heavy atom. The lowest BCUT2D eigenvalue weighted by atomic mass is 9.91. The second-order valence-electron chi connectivity index (χ2n) is 5.28. The molecule has 0 radical (unpaired) electrons. The summed E-state index contributed by atoms with van der Waals surface area (Å²) in [5.41, 5.74) is 2.54. The molecule has 1 heterocycles. The van der Waals surface area contributed by atoms with E-state index in [1.165, 1.54) is 17.8 Å². The Labute approximate surface area is 98.0 Å². The molecule has 1 aromatic carbocycles. The van der Waals surface area contributed by atoms with Crippen molar-refractivity contribution < 1.29 is 0 Å². The van der Waals surface area contributed by atoms with E-state index in [0.717, 1.165) is 12.2 Å². The molecule has 0 spiro atoms. The molecule has 86 valence electrons. The molecule has 0 amide bonds. The van der Waals surface area contributed by atoms with Gasteiger partial charge in [-0.2, -0.15) is 0 Å². The Bertz CT molecular complexity index is 418. The van der Waals surface area contributed by atoms with Crippen molar-refractivity contribution in [1.82, 2.24) is 4.90 Å². The molecule has 0 aromatic heterocycles. The lowest BCUT2D eigenvalue weighted by Crippen LogP contribution is -2.27. The van der Waals surface area contributed by atoms with Crippen LogP contribution in [-0.4, -0.2) is 24.3 Å². The van der Waals surface area contributed by atoms with Crippen LogP contribution in [-0.2, 0) is 0 Å². The van der Waals surface area contributed by atoms with Crippen LogP contribution in [0.15, 0.2) is 29.3 Å². The molecule has 1 aromatic rings. The lowest BCUT2D eigenvalue weighted by Gasteiger charge is -2.21. The number of aryl methyl sites for hydroxylation is 1. The highest BCUT2D eigenvalue weighted by atomic mass is 15.2. The summed E-state index contributed by atoms with van der Waals surface area (Å²) < 4.78 is 0. The van der Waals surface area contributed by atoms with Crippen LogP contribution in [0.1, 0.15) is 25.8 Å². The monoisotopic (exact) mass is 216 g/mol. The van der Waals surface area contributed by atoms with Crippen molar-refractivity contribution in [3.8, 4) is 0 Å². The number of rotatable bonds is 1. The van der Waals surface area contributed by atoms with Crippen molar-refractivity contribution in [2.24, 2.45) is 10.4 Å². The van der Waals surface area contributed by atoms with Crippen LogP contribution in [0.25, 0.3) is 0 Å². The Balaban J connectivity index is 2.41. The van der Waals surface area contributed by atoms with Gasteiger partial charge in [-0.05, 0) is 25.0 Å². The fraction of sp³-hybridized carbons (Fsp3) is 0.500. The first kappa shape index (κ1) is 11.2. The number of aliphatic imine (C=N–C) groups is 1. The Kier molecular flexibility index (Phi) is 2.75. The maximum Gasteiger partial charge on any atom is 0.110 e.